The maximum absolute atomic E-state index is 9.16. The Morgan fingerprint density at radius 3 is 2.89 bits per heavy atom. The third kappa shape index (κ3) is 2.48. The molecule has 4 heteroatoms. The van der Waals surface area contributed by atoms with Gasteiger partial charge in [0.15, 0.2) is 0 Å². The summed E-state index contributed by atoms with van der Waals surface area (Å²) in [4.78, 5) is 4.51. The summed E-state index contributed by atoms with van der Waals surface area (Å²) in [5, 5.41) is 12.5. The van der Waals surface area contributed by atoms with Gasteiger partial charge in [0.2, 0.25) is 0 Å². The van der Waals surface area contributed by atoms with E-state index in [4.69, 9.17) is 5.11 Å². The van der Waals surface area contributed by atoms with Crippen LogP contribution in [0, 0.1) is 12.8 Å². The number of nitrogens with one attached hydrogen (secondary N) is 1. The summed E-state index contributed by atoms with van der Waals surface area (Å²) in [5.41, 5.74) is 3.22. The predicted molar refractivity (Wildman–Crippen MR) is 74.8 cm³/mol. The Kier molecular flexibility index (Phi) is 3.87. The molecular weight excluding hydrogens is 226 g/mol. The minimum atomic E-state index is 0.231. The van der Waals surface area contributed by atoms with Crippen LogP contribution >= 0.6 is 0 Å². The van der Waals surface area contributed by atoms with Gasteiger partial charge in [-0.25, -0.2) is 4.98 Å². The fourth-order valence-electron chi connectivity index (χ4n) is 2.03. The van der Waals surface area contributed by atoms with Crippen molar-refractivity contribution in [1.82, 2.24) is 9.55 Å². The fourth-order valence-corrected chi connectivity index (χ4v) is 2.03. The Bertz CT molecular complexity index is 529. The molecule has 1 aromatic heterocycles. The molecule has 1 aromatic carbocycles. The summed E-state index contributed by atoms with van der Waals surface area (Å²) >= 11 is 0. The molecule has 2 rings (SSSR count). The molecule has 4 nitrogen and oxygen atoms in total. The second-order valence-electron chi connectivity index (χ2n) is 4.76. The van der Waals surface area contributed by atoms with E-state index in [0.29, 0.717) is 5.92 Å². The number of rotatable bonds is 5. The van der Waals surface area contributed by atoms with Crippen molar-refractivity contribution in [2.75, 3.05) is 18.5 Å². The number of imidazole rings is 1. The second-order valence-corrected chi connectivity index (χ2v) is 4.76. The van der Waals surface area contributed by atoms with Crippen LogP contribution in [0.2, 0.25) is 0 Å². The van der Waals surface area contributed by atoms with Crippen LogP contribution in [-0.2, 0) is 7.05 Å². The van der Waals surface area contributed by atoms with E-state index >= 15 is 0 Å². The fraction of sp³-hybridized carbons (Fsp3) is 0.500. The highest BCUT2D eigenvalue weighted by atomic mass is 16.3. The Hall–Kier alpha value is -1.55. The van der Waals surface area contributed by atoms with Crippen LogP contribution in [-0.4, -0.2) is 27.8 Å². The number of benzene rings is 1. The van der Waals surface area contributed by atoms with E-state index < -0.39 is 0 Å². The van der Waals surface area contributed by atoms with Gasteiger partial charge in [-0.05, 0) is 37.5 Å². The van der Waals surface area contributed by atoms with Crippen LogP contribution < -0.4 is 5.32 Å². The first kappa shape index (κ1) is 12.9. The number of nitrogens with zero attached hydrogens (tertiary/aromatic N) is 2. The highest BCUT2D eigenvalue weighted by molar-refractivity contribution is 5.80. The van der Waals surface area contributed by atoms with Gasteiger partial charge in [-0.15, -0.1) is 0 Å². The molecule has 0 fully saturated rings. The summed E-state index contributed by atoms with van der Waals surface area (Å²) in [6.45, 7) is 5.12. The molecule has 0 bridgehead atoms. The van der Waals surface area contributed by atoms with Crippen molar-refractivity contribution in [2.45, 2.75) is 20.3 Å². The summed E-state index contributed by atoms with van der Waals surface area (Å²) in [6.07, 6.45) is 0.981. The number of aryl methyl sites for hydroxylation is 2. The zero-order valence-electron chi connectivity index (χ0n) is 11.3. The zero-order valence-corrected chi connectivity index (χ0v) is 11.3. The normalized spacial score (nSPS) is 12.9. The molecule has 0 saturated carbocycles. The van der Waals surface area contributed by atoms with Gasteiger partial charge >= 0.3 is 0 Å². The van der Waals surface area contributed by atoms with Gasteiger partial charge in [-0.3, -0.25) is 0 Å². The monoisotopic (exact) mass is 247 g/mol. The first-order chi connectivity index (χ1) is 8.65. The quantitative estimate of drug-likeness (QED) is 0.852. The molecule has 2 aromatic rings. The molecule has 0 spiro atoms. The molecule has 1 atom stereocenters. The van der Waals surface area contributed by atoms with Crippen LogP contribution in [0.5, 0.6) is 0 Å². The lowest BCUT2D eigenvalue weighted by atomic mass is 10.1. The van der Waals surface area contributed by atoms with Crippen molar-refractivity contribution in [3.63, 3.8) is 0 Å². The Morgan fingerprint density at radius 2 is 2.22 bits per heavy atom. The molecule has 2 N–H and O–H groups in total. The van der Waals surface area contributed by atoms with Gasteiger partial charge in [0.05, 0.1) is 11.0 Å². The van der Waals surface area contributed by atoms with Crippen molar-refractivity contribution < 1.29 is 5.11 Å². The van der Waals surface area contributed by atoms with E-state index in [1.54, 1.807) is 0 Å². The molecule has 0 aliphatic heterocycles. The summed E-state index contributed by atoms with van der Waals surface area (Å²) in [5.74, 6) is 1.33. The molecular formula is C14H21N3O. The van der Waals surface area contributed by atoms with Gasteiger partial charge in [-0.1, -0.05) is 6.92 Å². The van der Waals surface area contributed by atoms with E-state index in [2.05, 4.69) is 40.0 Å². The van der Waals surface area contributed by atoms with Crippen molar-refractivity contribution >= 4 is 16.7 Å². The number of aliphatic hydroxyl groups is 1. The van der Waals surface area contributed by atoms with Crippen molar-refractivity contribution in [2.24, 2.45) is 13.0 Å². The van der Waals surface area contributed by atoms with Crippen molar-refractivity contribution in [1.29, 1.82) is 0 Å². The number of anilines is 1. The molecule has 1 heterocycles. The number of hydrogen-bond donors (Lipinski definition) is 2. The van der Waals surface area contributed by atoms with Crippen LogP contribution in [0.3, 0.4) is 0 Å². The largest absolute Gasteiger partial charge is 0.396 e. The van der Waals surface area contributed by atoms with Crippen LogP contribution in [0.4, 0.5) is 5.69 Å². The van der Waals surface area contributed by atoms with Gasteiger partial charge in [0, 0.05) is 25.9 Å². The van der Waals surface area contributed by atoms with E-state index in [9.17, 15) is 0 Å². The number of aromatic nitrogens is 2. The van der Waals surface area contributed by atoms with E-state index in [1.807, 2.05) is 14.0 Å². The van der Waals surface area contributed by atoms with Crippen LogP contribution in [0.1, 0.15) is 19.2 Å². The summed E-state index contributed by atoms with van der Waals surface area (Å²) in [7, 11) is 2.02. The van der Waals surface area contributed by atoms with E-state index in [1.165, 1.54) is 0 Å². The Labute approximate surface area is 108 Å². The van der Waals surface area contributed by atoms with E-state index in [0.717, 1.165) is 35.5 Å². The Balaban J connectivity index is 2.15. The lowest BCUT2D eigenvalue weighted by molar-refractivity contribution is 0.230. The molecule has 0 radical (unpaired) electrons. The smallest absolute Gasteiger partial charge is 0.106 e. The molecule has 98 valence electrons. The average Bonchev–Trinajstić information content (AvgIpc) is 2.66. The molecule has 0 aliphatic rings. The highest BCUT2D eigenvalue weighted by Crippen LogP contribution is 2.19. The lowest BCUT2D eigenvalue weighted by Gasteiger charge is -2.13. The number of hydrogen-bond acceptors (Lipinski definition) is 3. The third-order valence-corrected chi connectivity index (χ3v) is 3.53. The minimum Gasteiger partial charge on any atom is -0.396 e. The number of fused-ring (bicyclic) bond motifs is 1. The molecule has 0 amide bonds. The SMILES string of the molecule is CCC(CO)CNc1ccc2c(c1)nc(C)n2C. The van der Waals surface area contributed by atoms with Gasteiger partial charge in [0.1, 0.15) is 5.82 Å². The maximum atomic E-state index is 9.16. The number of aliphatic hydroxyl groups excluding tert-OH is 1. The standard InChI is InChI=1S/C14H21N3O/c1-4-11(9-18)8-15-12-5-6-14-13(7-12)16-10(2)17(14)3/h5-7,11,15,18H,4,8-9H2,1-3H3. The van der Waals surface area contributed by atoms with Crippen molar-refractivity contribution in [3.05, 3.63) is 24.0 Å². The van der Waals surface area contributed by atoms with Crippen LogP contribution in [0.15, 0.2) is 18.2 Å². The lowest BCUT2D eigenvalue weighted by Crippen LogP contribution is -2.16. The molecule has 18 heavy (non-hydrogen) atoms. The van der Waals surface area contributed by atoms with Gasteiger partial charge in [0.25, 0.3) is 0 Å². The average molecular weight is 247 g/mol. The summed E-state index contributed by atoms with van der Waals surface area (Å²) < 4.78 is 2.09. The van der Waals surface area contributed by atoms with Crippen LogP contribution in [0.25, 0.3) is 11.0 Å². The zero-order chi connectivity index (χ0) is 13.1. The van der Waals surface area contributed by atoms with Crippen molar-refractivity contribution in [3.8, 4) is 0 Å². The first-order valence-corrected chi connectivity index (χ1v) is 6.43. The Morgan fingerprint density at radius 1 is 1.44 bits per heavy atom. The van der Waals surface area contributed by atoms with Gasteiger partial charge in [-0.2, -0.15) is 0 Å². The molecule has 1 unspecified atom stereocenters. The first-order valence-electron chi connectivity index (χ1n) is 6.43. The summed E-state index contributed by atoms with van der Waals surface area (Å²) in [6, 6.07) is 6.21. The molecule has 0 saturated heterocycles. The van der Waals surface area contributed by atoms with E-state index in [-0.39, 0.29) is 6.61 Å². The second kappa shape index (κ2) is 5.40. The predicted octanol–water partition coefficient (Wildman–Crippen LogP) is 2.31. The minimum absolute atomic E-state index is 0.231. The molecule has 0 aliphatic carbocycles. The topological polar surface area (TPSA) is 50.1 Å². The third-order valence-electron chi connectivity index (χ3n) is 3.53. The maximum Gasteiger partial charge on any atom is 0.106 e. The van der Waals surface area contributed by atoms with Gasteiger partial charge < -0.3 is 15.0 Å². The highest BCUT2D eigenvalue weighted by Gasteiger charge is 2.07.